The molecule has 76 valence electrons. The topological polar surface area (TPSA) is 73.8 Å². The summed E-state index contributed by atoms with van der Waals surface area (Å²) in [7, 11) is 0. The number of hydrogen-bond acceptors (Lipinski definition) is 3. The number of carbonyl (C=O) groups excluding carboxylic acids is 1. The van der Waals surface area contributed by atoms with E-state index >= 15 is 0 Å². The summed E-state index contributed by atoms with van der Waals surface area (Å²) < 4.78 is 1.49. The summed E-state index contributed by atoms with van der Waals surface area (Å²) in [6.45, 7) is 0.0901. The molecule has 0 aromatic carbocycles. The van der Waals surface area contributed by atoms with Crippen LogP contribution in [0.5, 0.6) is 0 Å². The summed E-state index contributed by atoms with van der Waals surface area (Å²) in [5.74, 6) is -0.411. The maximum Gasteiger partial charge on any atom is 0.239 e. The number of carbonyl (C=O) groups is 1. The number of aromatic nitrogens is 3. The number of nitrogens with zero attached hydrogens (tertiary/aromatic N) is 3. The van der Waals surface area contributed by atoms with Gasteiger partial charge in [-0.2, -0.15) is 5.10 Å². The molecule has 0 aliphatic rings. The van der Waals surface area contributed by atoms with Crippen molar-refractivity contribution in [3.05, 3.63) is 36.7 Å². The Bertz CT molecular complexity index is 463. The van der Waals surface area contributed by atoms with Gasteiger partial charge in [-0.15, -0.1) is 0 Å². The zero-order valence-electron chi connectivity index (χ0n) is 8.00. The maximum atomic E-state index is 10.7. The SMILES string of the molecule is NC(=O)Cn1ccc(-c2ccccn2)n1. The van der Waals surface area contributed by atoms with Gasteiger partial charge >= 0.3 is 0 Å². The van der Waals surface area contributed by atoms with Crippen LogP contribution in [0, 0.1) is 0 Å². The van der Waals surface area contributed by atoms with Gasteiger partial charge in [0.05, 0.1) is 5.69 Å². The second-order valence-electron chi connectivity index (χ2n) is 3.08. The van der Waals surface area contributed by atoms with Crippen LogP contribution in [0.15, 0.2) is 36.7 Å². The number of amides is 1. The van der Waals surface area contributed by atoms with Crippen molar-refractivity contribution in [1.29, 1.82) is 0 Å². The van der Waals surface area contributed by atoms with E-state index in [1.165, 1.54) is 4.68 Å². The molecule has 2 rings (SSSR count). The van der Waals surface area contributed by atoms with E-state index in [1.807, 2.05) is 18.2 Å². The fraction of sp³-hybridized carbons (Fsp3) is 0.100. The Kier molecular flexibility index (Phi) is 2.45. The van der Waals surface area contributed by atoms with Gasteiger partial charge in [0.15, 0.2) is 0 Å². The molecule has 2 aromatic rings. The van der Waals surface area contributed by atoms with E-state index in [0.717, 1.165) is 11.4 Å². The van der Waals surface area contributed by atoms with Crippen molar-refractivity contribution in [2.75, 3.05) is 0 Å². The van der Waals surface area contributed by atoms with Gasteiger partial charge in [-0.25, -0.2) is 0 Å². The summed E-state index contributed by atoms with van der Waals surface area (Å²) in [5, 5.41) is 4.17. The van der Waals surface area contributed by atoms with Crippen LogP contribution in [0.1, 0.15) is 0 Å². The normalized spacial score (nSPS) is 10.1. The summed E-state index contributed by atoms with van der Waals surface area (Å²) in [6.07, 6.45) is 3.40. The van der Waals surface area contributed by atoms with Crippen molar-refractivity contribution < 1.29 is 4.79 Å². The Labute approximate surface area is 86.5 Å². The lowest BCUT2D eigenvalue weighted by atomic mass is 10.3. The van der Waals surface area contributed by atoms with Gasteiger partial charge in [-0.3, -0.25) is 14.5 Å². The molecule has 0 radical (unpaired) electrons. The van der Waals surface area contributed by atoms with Crippen molar-refractivity contribution >= 4 is 5.91 Å². The molecule has 15 heavy (non-hydrogen) atoms. The van der Waals surface area contributed by atoms with Crippen LogP contribution in [0.2, 0.25) is 0 Å². The highest BCUT2D eigenvalue weighted by atomic mass is 16.1. The largest absolute Gasteiger partial charge is 0.368 e. The average Bonchev–Trinajstić information content (AvgIpc) is 2.67. The van der Waals surface area contributed by atoms with E-state index in [4.69, 9.17) is 5.73 Å². The average molecular weight is 202 g/mol. The molecule has 0 aliphatic heterocycles. The van der Waals surface area contributed by atoms with Crippen LogP contribution in [0.4, 0.5) is 0 Å². The molecule has 2 aromatic heterocycles. The quantitative estimate of drug-likeness (QED) is 0.784. The molecule has 2 heterocycles. The van der Waals surface area contributed by atoms with Crippen LogP contribution in [-0.4, -0.2) is 20.7 Å². The van der Waals surface area contributed by atoms with Crippen LogP contribution >= 0.6 is 0 Å². The van der Waals surface area contributed by atoms with Crippen molar-refractivity contribution in [2.24, 2.45) is 5.73 Å². The summed E-state index contributed by atoms with van der Waals surface area (Å²) in [4.78, 5) is 14.8. The molecule has 0 saturated carbocycles. The predicted octanol–water partition coefficient (Wildman–Crippen LogP) is 0.430. The summed E-state index contributed by atoms with van der Waals surface area (Å²) >= 11 is 0. The first-order valence-electron chi connectivity index (χ1n) is 4.49. The Morgan fingerprint density at radius 1 is 1.33 bits per heavy atom. The highest BCUT2D eigenvalue weighted by Gasteiger charge is 2.03. The molecule has 1 amide bonds. The van der Waals surface area contributed by atoms with E-state index in [9.17, 15) is 4.79 Å². The molecule has 0 spiro atoms. The third-order valence-electron chi connectivity index (χ3n) is 1.89. The Morgan fingerprint density at radius 2 is 2.20 bits per heavy atom. The fourth-order valence-corrected chi connectivity index (χ4v) is 1.26. The highest BCUT2D eigenvalue weighted by molar-refractivity contribution is 5.73. The zero-order valence-corrected chi connectivity index (χ0v) is 8.00. The van der Waals surface area contributed by atoms with Gasteiger partial charge < -0.3 is 5.73 Å². The minimum atomic E-state index is -0.411. The molecule has 0 bridgehead atoms. The first-order valence-corrected chi connectivity index (χ1v) is 4.49. The van der Waals surface area contributed by atoms with Crippen molar-refractivity contribution in [2.45, 2.75) is 6.54 Å². The standard InChI is InChI=1S/C10H10N4O/c11-10(15)7-14-6-4-9(13-14)8-3-1-2-5-12-8/h1-6H,7H2,(H2,11,15). The van der Waals surface area contributed by atoms with Gasteiger partial charge in [0.25, 0.3) is 0 Å². The second kappa shape index (κ2) is 3.91. The minimum Gasteiger partial charge on any atom is -0.368 e. The van der Waals surface area contributed by atoms with E-state index in [0.29, 0.717) is 0 Å². The lowest BCUT2D eigenvalue weighted by Crippen LogP contribution is -2.18. The van der Waals surface area contributed by atoms with Crippen molar-refractivity contribution in [1.82, 2.24) is 14.8 Å². The van der Waals surface area contributed by atoms with Crippen LogP contribution in [-0.2, 0) is 11.3 Å². The second-order valence-corrected chi connectivity index (χ2v) is 3.08. The Balaban J connectivity index is 2.24. The lowest BCUT2D eigenvalue weighted by molar-refractivity contribution is -0.118. The van der Waals surface area contributed by atoms with Gasteiger partial charge in [-0.1, -0.05) is 6.07 Å². The number of nitrogens with two attached hydrogens (primary N) is 1. The molecular formula is C10H10N4O. The first-order chi connectivity index (χ1) is 7.25. The van der Waals surface area contributed by atoms with Gasteiger partial charge in [0.2, 0.25) is 5.91 Å². The summed E-state index contributed by atoms with van der Waals surface area (Å²) in [6, 6.07) is 7.38. The Hall–Kier alpha value is -2.17. The number of pyridine rings is 1. The van der Waals surface area contributed by atoms with Crippen molar-refractivity contribution in [3.63, 3.8) is 0 Å². The van der Waals surface area contributed by atoms with Crippen molar-refractivity contribution in [3.8, 4) is 11.4 Å². The molecule has 2 N–H and O–H groups in total. The molecular weight excluding hydrogens is 192 g/mol. The smallest absolute Gasteiger partial charge is 0.239 e. The zero-order chi connectivity index (χ0) is 10.7. The molecule has 0 atom stereocenters. The third kappa shape index (κ3) is 2.19. The predicted molar refractivity (Wildman–Crippen MR) is 54.7 cm³/mol. The van der Waals surface area contributed by atoms with E-state index in [2.05, 4.69) is 10.1 Å². The number of primary amides is 1. The molecule has 0 unspecified atom stereocenters. The summed E-state index contributed by atoms with van der Waals surface area (Å²) in [5.41, 5.74) is 6.57. The minimum absolute atomic E-state index is 0.0901. The van der Waals surface area contributed by atoms with Crippen LogP contribution < -0.4 is 5.73 Å². The van der Waals surface area contributed by atoms with E-state index in [1.54, 1.807) is 18.5 Å². The fourth-order valence-electron chi connectivity index (χ4n) is 1.26. The number of rotatable bonds is 3. The van der Waals surface area contributed by atoms with Gasteiger partial charge in [0.1, 0.15) is 12.2 Å². The monoisotopic (exact) mass is 202 g/mol. The van der Waals surface area contributed by atoms with Gasteiger partial charge in [-0.05, 0) is 18.2 Å². The first kappa shape index (κ1) is 9.39. The van der Waals surface area contributed by atoms with Crippen LogP contribution in [0.25, 0.3) is 11.4 Å². The lowest BCUT2D eigenvalue weighted by Gasteiger charge is -1.96. The van der Waals surface area contributed by atoms with Crippen LogP contribution in [0.3, 0.4) is 0 Å². The maximum absolute atomic E-state index is 10.7. The molecule has 5 nitrogen and oxygen atoms in total. The molecule has 0 fully saturated rings. The van der Waals surface area contributed by atoms with Gasteiger partial charge in [0, 0.05) is 12.4 Å². The Morgan fingerprint density at radius 3 is 2.87 bits per heavy atom. The third-order valence-corrected chi connectivity index (χ3v) is 1.89. The van der Waals surface area contributed by atoms with E-state index in [-0.39, 0.29) is 6.54 Å². The molecule has 0 saturated heterocycles. The molecule has 0 aliphatic carbocycles. The van der Waals surface area contributed by atoms with E-state index < -0.39 is 5.91 Å². The molecule has 5 heteroatoms. The highest BCUT2D eigenvalue weighted by Crippen LogP contribution is 2.12. The number of hydrogen-bond donors (Lipinski definition) is 1.